The van der Waals surface area contributed by atoms with Crippen molar-refractivity contribution in [1.82, 2.24) is 4.98 Å². The second-order valence-electron chi connectivity index (χ2n) is 7.83. The maximum atomic E-state index is 12.5. The number of halogens is 2. The van der Waals surface area contributed by atoms with Crippen LogP contribution in [0.3, 0.4) is 0 Å². The monoisotopic (exact) mass is 713 g/mol. The van der Waals surface area contributed by atoms with Crippen LogP contribution in [0.5, 0.6) is 5.75 Å². The minimum atomic E-state index is -0.0449. The summed E-state index contributed by atoms with van der Waals surface area (Å²) in [5.74, 6) is 0.482. The Bertz CT molecular complexity index is 1410. The Labute approximate surface area is 233 Å². The zero-order chi connectivity index (χ0) is 24.4. The number of hydrogen-bond acceptors (Lipinski definition) is 6. The number of thiazole rings is 1. The molecule has 0 saturated heterocycles. The number of phenolic OH excluding ortho intramolecular Hbond substituents is 1. The lowest BCUT2D eigenvalue weighted by Gasteiger charge is -2.12. The molecular weight excluding hydrogens is 692 g/mol. The van der Waals surface area contributed by atoms with Gasteiger partial charge in [0.25, 0.3) is 0 Å². The summed E-state index contributed by atoms with van der Waals surface area (Å²) in [5.41, 5.74) is 6.55. The lowest BCUT2D eigenvalue weighted by atomic mass is 10.1. The second kappa shape index (κ2) is 10.9. The van der Waals surface area contributed by atoms with Crippen LogP contribution in [-0.2, 0) is 4.79 Å². The fourth-order valence-electron chi connectivity index (χ4n) is 3.54. The van der Waals surface area contributed by atoms with Gasteiger partial charge in [-0.25, -0.2) is 4.98 Å². The number of hydrogen-bond donors (Lipinski definition) is 2. The van der Waals surface area contributed by atoms with E-state index in [9.17, 15) is 9.90 Å². The molecule has 3 aromatic carbocycles. The molecule has 1 aromatic heterocycles. The van der Waals surface area contributed by atoms with E-state index < -0.39 is 0 Å². The molecule has 0 aliphatic rings. The van der Waals surface area contributed by atoms with Crippen molar-refractivity contribution in [2.24, 2.45) is 4.99 Å². The summed E-state index contributed by atoms with van der Waals surface area (Å²) >= 11 is 7.31. The van der Waals surface area contributed by atoms with Gasteiger partial charge in [0.1, 0.15) is 5.75 Å². The third-order valence-electron chi connectivity index (χ3n) is 5.03. The van der Waals surface area contributed by atoms with E-state index >= 15 is 0 Å². The Morgan fingerprint density at radius 3 is 2.62 bits per heavy atom. The highest BCUT2D eigenvalue weighted by Crippen LogP contribution is 2.33. The zero-order valence-corrected chi connectivity index (χ0v) is 24.6. The normalized spacial score (nSPS) is 11.4. The quantitative estimate of drug-likeness (QED) is 0.123. The molecule has 9 heteroatoms. The largest absolute Gasteiger partial charge is 0.506 e. The van der Waals surface area contributed by atoms with E-state index in [0.717, 1.165) is 44.2 Å². The molecule has 0 atom stereocenters. The van der Waals surface area contributed by atoms with Crippen LogP contribution < -0.4 is 5.32 Å². The summed E-state index contributed by atoms with van der Waals surface area (Å²) in [4.78, 5) is 21.7. The molecule has 0 aliphatic heterocycles. The number of nitrogens with one attached hydrogen (secondary N) is 1. The topological polar surface area (TPSA) is 74.6 Å². The number of fused-ring (bicyclic) bond motifs is 1. The minimum absolute atomic E-state index is 0.0449. The van der Waals surface area contributed by atoms with Crippen LogP contribution in [0.2, 0.25) is 0 Å². The highest BCUT2D eigenvalue weighted by molar-refractivity contribution is 14.1. The molecule has 1 amide bonds. The van der Waals surface area contributed by atoms with Gasteiger partial charge >= 0.3 is 0 Å². The minimum Gasteiger partial charge on any atom is -0.506 e. The molecule has 34 heavy (non-hydrogen) atoms. The summed E-state index contributed by atoms with van der Waals surface area (Å²) in [5, 5.41) is 13.3. The number of rotatable bonds is 6. The van der Waals surface area contributed by atoms with Crippen molar-refractivity contribution in [3.63, 3.8) is 0 Å². The fourth-order valence-corrected chi connectivity index (χ4v) is 7.33. The number of aryl methyl sites for hydroxylation is 3. The first-order valence-electron chi connectivity index (χ1n) is 10.3. The van der Waals surface area contributed by atoms with Gasteiger partial charge in [-0.15, -0.1) is 11.3 Å². The fraction of sp³-hybridized carbons (Fsp3) is 0.160. The van der Waals surface area contributed by atoms with Gasteiger partial charge in [-0.2, -0.15) is 0 Å². The predicted octanol–water partition coefficient (Wildman–Crippen LogP) is 7.62. The van der Waals surface area contributed by atoms with Gasteiger partial charge in [0.15, 0.2) is 4.34 Å². The number of amides is 1. The number of carbonyl (C=O) groups is 1. The Hall–Kier alpha value is -1.70. The van der Waals surface area contributed by atoms with Crippen LogP contribution in [0.1, 0.15) is 22.3 Å². The van der Waals surface area contributed by atoms with Gasteiger partial charge in [0.05, 0.1) is 25.2 Å². The third kappa shape index (κ3) is 6.10. The number of aromatic nitrogens is 1. The van der Waals surface area contributed by atoms with Crippen LogP contribution in [0, 0.1) is 27.9 Å². The first kappa shape index (κ1) is 25.4. The molecular formula is C25H21I2N3O2S2. The predicted molar refractivity (Wildman–Crippen MR) is 160 cm³/mol. The maximum absolute atomic E-state index is 12.5. The summed E-state index contributed by atoms with van der Waals surface area (Å²) < 4.78 is 3.68. The number of anilines is 1. The van der Waals surface area contributed by atoms with Crippen molar-refractivity contribution in [1.29, 1.82) is 0 Å². The molecule has 0 radical (unpaired) electrons. The third-order valence-corrected chi connectivity index (χ3v) is 8.64. The van der Waals surface area contributed by atoms with E-state index in [2.05, 4.69) is 79.5 Å². The SMILES string of the molecule is Cc1cc(C)c(NC(=O)CSc2nc3ccc(N=Cc4cc(I)cc(I)c4O)cc3s2)c(C)c1. The van der Waals surface area contributed by atoms with Crippen molar-refractivity contribution in [2.75, 3.05) is 11.1 Å². The van der Waals surface area contributed by atoms with Crippen molar-refractivity contribution in [3.8, 4) is 5.75 Å². The van der Waals surface area contributed by atoms with Gasteiger partial charge in [0, 0.05) is 21.0 Å². The van der Waals surface area contributed by atoms with Gasteiger partial charge in [-0.05, 0) is 107 Å². The van der Waals surface area contributed by atoms with Gasteiger partial charge in [-0.1, -0.05) is 29.5 Å². The Balaban J connectivity index is 1.44. The highest BCUT2D eigenvalue weighted by Gasteiger charge is 2.12. The van der Waals surface area contributed by atoms with Crippen LogP contribution in [0.15, 0.2) is 51.8 Å². The Morgan fingerprint density at radius 2 is 1.88 bits per heavy atom. The number of carbonyl (C=O) groups excluding carboxylic acids is 1. The first-order valence-corrected chi connectivity index (χ1v) is 14.3. The smallest absolute Gasteiger partial charge is 0.234 e. The number of nitrogens with zero attached hydrogens (tertiary/aromatic N) is 2. The number of thioether (sulfide) groups is 1. The molecule has 4 rings (SSSR count). The molecule has 5 nitrogen and oxygen atoms in total. The molecule has 0 aliphatic carbocycles. The first-order chi connectivity index (χ1) is 16.2. The van der Waals surface area contributed by atoms with E-state index in [1.165, 1.54) is 17.3 Å². The average molecular weight is 713 g/mol. The van der Waals surface area contributed by atoms with Gasteiger partial charge in [0.2, 0.25) is 5.91 Å². The van der Waals surface area contributed by atoms with E-state index in [-0.39, 0.29) is 11.7 Å². The molecule has 174 valence electrons. The zero-order valence-electron chi connectivity index (χ0n) is 18.6. The van der Waals surface area contributed by atoms with E-state index in [1.54, 1.807) is 17.6 Å². The van der Waals surface area contributed by atoms with Crippen molar-refractivity contribution in [3.05, 3.63) is 71.9 Å². The molecule has 1 heterocycles. The van der Waals surface area contributed by atoms with Crippen molar-refractivity contribution in [2.45, 2.75) is 25.1 Å². The molecule has 0 saturated carbocycles. The van der Waals surface area contributed by atoms with Crippen LogP contribution in [-0.4, -0.2) is 28.0 Å². The highest BCUT2D eigenvalue weighted by atomic mass is 127. The lowest BCUT2D eigenvalue weighted by Crippen LogP contribution is -2.15. The molecule has 0 fully saturated rings. The van der Waals surface area contributed by atoms with Crippen molar-refractivity contribution >= 4 is 102 Å². The standard InChI is InChI=1S/C25H21I2N3O2S2/c1-13-6-14(2)23(15(3)7-13)30-22(31)12-33-25-29-20-5-4-18(10-21(20)34-25)28-11-16-8-17(26)9-19(27)24(16)32/h4-11,32H,12H2,1-3H3,(H,30,31). The van der Waals surface area contributed by atoms with Crippen molar-refractivity contribution < 1.29 is 9.90 Å². The molecule has 0 unspecified atom stereocenters. The van der Waals surface area contributed by atoms with Gasteiger partial charge < -0.3 is 10.4 Å². The number of aromatic hydroxyl groups is 1. The van der Waals surface area contributed by atoms with Crippen LogP contribution >= 0.6 is 68.3 Å². The lowest BCUT2D eigenvalue weighted by molar-refractivity contribution is -0.113. The summed E-state index contributed by atoms with van der Waals surface area (Å²) in [6.07, 6.45) is 1.68. The summed E-state index contributed by atoms with van der Waals surface area (Å²) in [6.45, 7) is 6.08. The van der Waals surface area contributed by atoms with E-state index in [0.29, 0.717) is 11.3 Å². The second-order valence-corrected chi connectivity index (χ2v) is 12.5. The van der Waals surface area contributed by atoms with E-state index in [1.807, 2.05) is 44.2 Å². The number of aliphatic imine (C=N–C) groups is 1. The molecule has 4 aromatic rings. The van der Waals surface area contributed by atoms with Crippen LogP contribution in [0.4, 0.5) is 11.4 Å². The number of benzene rings is 3. The molecule has 2 N–H and O–H groups in total. The number of phenols is 1. The average Bonchev–Trinajstić information content (AvgIpc) is 3.18. The molecule has 0 bridgehead atoms. The van der Waals surface area contributed by atoms with Gasteiger partial charge in [-0.3, -0.25) is 9.79 Å². The Morgan fingerprint density at radius 1 is 1.15 bits per heavy atom. The summed E-state index contributed by atoms with van der Waals surface area (Å²) in [7, 11) is 0. The Kier molecular flexibility index (Phi) is 8.16. The maximum Gasteiger partial charge on any atom is 0.234 e. The van der Waals surface area contributed by atoms with Crippen LogP contribution in [0.25, 0.3) is 10.2 Å². The molecule has 0 spiro atoms. The van der Waals surface area contributed by atoms with E-state index in [4.69, 9.17) is 0 Å². The summed E-state index contributed by atoms with van der Waals surface area (Å²) in [6, 6.07) is 13.8.